The molecule has 1 N–H and O–H groups in total. The zero-order valence-corrected chi connectivity index (χ0v) is 16.9. The Hall–Kier alpha value is -2.53. The van der Waals surface area contributed by atoms with Gasteiger partial charge in [-0.15, -0.1) is 0 Å². The van der Waals surface area contributed by atoms with E-state index in [2.05, 4.69) is 21.3 Å². The summed E-state index contributed by atoms with van der Waals surface area (Å²) in [4.78, 5) is 34.3. The molecule has 0 atom stereocenters. The topological polar surface area (TPSA) is 101 Å². The fraction of sp³-hybridized carbons (Fsp3) is 0.353. The van der Waals surface area contributed by atoms with Gasteiger partial charge in [0.25, 0.3) is 0 Å². The fourth-order valence-corrected chi connectivity index (χ4v) is 3.89. The van der Waals surface area contributed by atoms with Gasteiger partial charge in [0.05, 0.1) is 5.39 Å². The molecule has 0 amide bonds. The summed E-state index contributed by atoms with van der Waals surface area (Å²) in [5.74, 6) is -0.183. The lowest BCUT2D eigenvalue weighted by Crippen LogP contribution is -2.28. The van der Waals surface area contributed by atoms with Crippen LogP contribution < -0.4 is 10.3 Å². The zero-order chi connectivity index (χ0) is 20.3. The molecular weight excluding hydrogens is 405 g/mol. The van der Waals surface area contributed by atoms with Crippen molar-refractivity contribution in [3.63, 3.8) is 0 Å². The number of thioether (sulfide) groups is 1. The number of aromatic nitrogens is 4. The molecule has 0 spiro atoms. The van der Waals surface area contributed by atoms with Gasteiger partial charge in [-0.1, -0.05) is 6.92 Å². The van der Waals surface area contributed by atoms with Crippen molar-refractivity contribution in [1.29, 1.82) is 0 Å². The van der Waals surface area contributed by atoms with Crippen LogP contribution >= 0.6 is 23.3 Å². The molecule has 0 aromatic carbocycles. The number of nitrogens with zero attached hydrogens (tertiary/aromatic N) is 5. The third kappa shape index (κ3) is 3.85. The Morgan fingerprint density at radius 3 is 2.82 bits per heavy atom. The first-order chi connectivity index (χ1) is 13.5. The Kier molecular flexibility index (Phi) is 6.25. The van der Waals surface area contributed by atoms with Crippen LogP contribution in [0.5, 0.6) is 0 Å². The zero-order valence-electron chi connectivity index (χ0n) is 15.3. The molecule has 0 saturated heterocycles. The van der Waals surface area contributed by atoms with Crippen molar-refractivity contribution in [1.82, 2.24) is 18.9 Å². The molecule has 3 aromatic rings. The highest BCUT2D eigenvalue weighted by atomic mass is 32.2. The first kappa shape index (κ1) is 20.2. The summed E-state index contributed by atoms with van der Waals surface area (Å²) < 4.78 is 20.1. The van der Waals surface area contributed by atoms with Gasteiger partial charge in [0.1, 0.15) is 11.9 Å². The minimum Gasteiger partial charge on any atom is -0.477 e. The summed E-state index contributed by atoms with van der Waals surface area (Å²) in [6.45, 7) is 5.08. The lowest BCUT2D eigenvalue weighted by atomic mass is 10.2. The predicted octanol–water partition coefficient (Wildman–Crippen LogP) is 2.65. The van der Waals surface area contributed by atoms with Crippen LogP contribution in [0.2, 0.25) is 0 Å². The smallest absolute Gasteiger partial charge is 0.341 e. The number of aromatic carboxylic acids is 1. The maximum absolute atomic E-state index is 14.8. The number of hydrogen-bond donors (Lipinski definition) is 1. The Labute approximate surface area is 168 Å². The number of halogens is 1. The van der Waals surface area contributed by atoms with Crippen LogP contribution in [0.25, 0.3) is 16.2 Å². The van der Waals surface area contributed by atoms with Gasteiger partial charge in [-0.3, -0.25) is 9.36 Å². The second-order valence-corrected chi connectivity index (χ2v) is 7.86. The summed E-state index contributed by atoms with van der Waals surface area (Å²) in [6.07, 6.45) is 2.47. The van der Waals surface area contributed by atoms with Crippen LogP contribution in [0.3, 0.4) is 0 Å². The van der Waals surface area contributed by atoms with Crippen LogP contribution in [0.15, 0.2) is 23.4 Å². The van der Waals surface area contributed by atoms with Crippen LogP contribution in [0, 0.1) is 5.82 Å². The van der Waals surface area contributed by atoms with Gasteiger partial charge < -0.3 is 10.0 Å². The maximum Gasteiger partial charge on any atom is 0.341 e. The summed E-state index contributed by atoms with van der Waals surface area (Å²) in [6, 6.07) is 1.06. The van der Waals surface area contributed by atoms with Crippen molar-refractivity contribution in [3.8, 4) is 5.13 Å². The Morgan fingerprint density at radius 1 is 1.43 bits per heavy atom. The molecule has 28 heavy (non-hydrogen) atoms. The molecule has 0 radical (unpaired) electrons. The Balaban J connectivity index is 2.24. The molecule has 0 aliphatic heterocycles. The second kappa shape index (κ2) is 8.65. The molecule has 3 heterocycles. The van der Waals surface area contributed by atoms with Crippen molar-refractivity contribution in [2.45, 2.75) is 13.8 Å². The summed E-state index contributed by atoms with van der Waals surface area (Å²) in [5, 5.41) is 9.57. The number of pyridine rings is 2. The largest absolute Gasteiger partial charge is 0.477 e. The molecule has 3 aromatic heterocycles. The third-order valence-electron chi connectivity index (χ3n) is 4.09. The maximum atomic E-state index is 14.8. The molecule has 0 unspecified atom stereocenters. The molecule has 8 nitrogen and oxygen atoms in total. The SMILES string of the molecule is CCSCCN(CC)c1nc2c(cc1F)c(=O)c(C(=O)O)cn2-c1ncns1. The minimum absolute atomic E-state index is 0.115. The molecular formula is C17H18FN5O3S2. The highest BCUT2D eigenvalue weighted by Gasteiger charge is 2.21. The van der Waals surface area contributed by atoms with Crippen molar-refractivity contribution in [3.05, 3.63) is 40.2 Å². The number of hydrogen-bond acceptors (Lipinski definition) is 8. The van der Waals surface area contributed by atoms with E-state index in [1.54, 1.807) is 16.7 Å². The van der Waals surface area contributed by atoms with Gasteiger partial charge >= 0.3 is 5.97 Å². The monoisotopic (exact) mass is 423 g/mol. The van der Waals surface area contributed by atoms with Crippen molar-refractivity contribution < 1.29 is 14.3 Å². The molecule has 148 valence electrons. The van der Waals surface area contributed by atoms with Crippen LogP contribution in [-0.2, 0) is 0 Å². The summed E-state index contributed by atoms with van der Waals surface area (Å²) in [7, 11) is 0. The van der Waals surface area contributed by atoms with Gasteiger partial charge in [0, 0.05) is 36.6 Å². The molecule has 0 fully saturated rings. The van der Waals surface area contributed by atoms with E-state index in [0.29, 0.717) is 18.2 Å². The quantitative estimate of drug-likeness (QED) is 0.552. The summed E-state index contributed by atoms with van der Waals surface area (Å²) in [5.41, 5.74) is -1.13. The number of rotatable bonds is 8. The predicted molar refractivity (Wildman–Crippen MR) is 109 cm³/mol. The van der Waals surface area contributed by atoms with Gasteiger partial charge in [-0.25, -0.2) is 19.2 Å². The Bertz CT molecular complexity index is 1060. The number of fused-ring (bicyclic) bond motifs is 1. The lowest BCUT2D eigenvalue weighted by molar-refractivity contribution is 0.0695. The highest BCUT2D eigenvalue weighted by Crippen LogP contribution is 2.24. The molecule has 0 aliphatic carbocycles. The number of carbonyl (C=O) groups is 1. The molecule has 0 saturated carbocycles. The normalized spacial score (nSPS) is 11.1. The van der Waals surface area contributed by atoms with Crippen LogP contribution in [-0.4, -0.2) is 54.6 Å². The van der Waals surface area contributed by atoms with E-state index in [4.69, 9.17) is 0 Å². The number of carboxylic acid groups (broad SMARTS) is 1. The number of carboxylic acids is 1. The third-order valence-corrected chi connectivity index (χ3v) is 5.63. The van der Waals surface area contributed by atoms with Crippen molar-refractivity contribution in [2.24, 2.45) is 0 Å². The standard InChI is InChI=1S/C17H18FN5O3S2/c1-3-22(5-6-27-4-2)15-12(18)7-10-13(24)11(16(25)26)8-23(14(10)21-15)17-19-9-20-28-17/h7-9H,3-6H2,1-2H3,(H,25,26). The molecule has 0 bridgehead atoms. The average molecular weight is 423 g/mol. The molecule has 3 rings (SSSR count). The van der Waals surface area contributed by atoms with E-state index in [1.807, 2.05) is 6.92 Å². The fourth-order valence-electron chi connectivity index (χ4n) is 2.74. The first-order valence-electron chi connectivity index (χ1n) is 8.56. The van der Waals surface area contributed by atoms with E-state index in [0.717, 1.165) is 35.3 Å². The summed E-state index contributed by atoms with van der Waals surface area (Å²) >= 11 is 2.75. The van der Waals surface area contributed by atoms with E-state index < -0.39 is 22.8 Å². The van der Waals surface area contributed by atoms with Crippen molar-refractivity contribution >= 4 is 46.1 Å². The van der Waals surface area contributed by atoms with E-state index >= 15 is 0 Å². The van der Waals surface area contributed by atoms with Gasteiger partial charge in [-0.05, 0) is 18.7 Å². The van der Waals surface area contributed by atoms with Gasteiger partial charge in [0.15, 0.2) is 17.3 Å². The van der Waals surface area contributed by atoms with E-state index in [1.165, 1.54) is 10.9 Å². The lowest BCUT2D eigenvalue weighted by Gasteiger charge is -2.23. The first-order valence-corrected chi connectivity index (χ1v) is 10.5. The van der Waals surface area contributed by atoms with Crippen LogP contribution in [0.4, 0.5) is 10.2 Å². The van der Waals surface area contributed by atoms with E-state index in [9.17, 15) is 19.1 Å². The van der Waals surface area contributed by atoms with Gasteiger partial charge in [0.2, 0.25) is 10.6 Å². The molecule has 11 heteroatoms. The second-order valence-electron chi connectivity index (χ2n) is 5.71. The number of anilines is 1. The van der Waals surface area contributed by atoms with Crippen LogP contribution in [0.1, 0.15) is 24.2 Å². The minimum atomic E-state index is -1.40. The Morgan fingerprint density at radius 2 is 2.21 bits per heavy atom. The van der Waals surface area contributed by atoms with E-state index in [-0.39, 0.29) is 16.9 Å². The highest BCUT2D eigenvalue weighted by molar-refractivity contribution is 7.99. The van der Waals surface area contributed by atoms with Crippen molar-refractivity contribution in [2.75, 3.05) is 29.5 Å². The van der Waals surface area contributed by atoms with Gasteiger partial charge in [-0.2, -0.15) is 16.1 Å². The molecule has 0 aliphatic rings. The average Bonchev–Trinajstić information content (AvgIpc) is 3.20.